The summed E-state index contributed by atoms with van der Waals surface area (Å²) in [6.45, 7) is 0. The molecule has 0 saturated carbocycles. The molecule has 8 aromatic rings. The molecule has 0 aliphatic heterocycles. The van der Waals surface area contributed by atoms with Crippen LogP contribution in [0.5, 0.6) is 0 Å². The van der Waals surface area contributed by atoms with E-state index >= 15 is 0 Å². The second kappa shape index (κ2) is 11.9. The lowest BCUT2D eigenvalue weighted by atomic mass is 10.1. The monoisotopic (exact) mass is 614 g/mol. The van der Waals surface area contributed by atoms with Crippen LogP contribution in [-0.2, 0) is 0 Å². The molecule has 0 aliphatic rings. The summed E-state index contributed by atoms with van der Waals surface area (Å²) in [5, 5.41) is 9.55. The van der Waals surface area contributed by atoms with Gasteiger partial charge in [0.15, 0.2) is 5.43 Å². The van der Waals surface area contributed by atoms with Gasteiger partial charge in [0.25, 0.3) is 0 Å². The quantitative estimate of drug-likeness (QED) is 0.167. The van der Waals surface area contributed by atoms with E-state index in [1.54, 1.807) is 0 Å². The number of aromatic amines is 1. The van der Waals surface area contributed by atoms with Gasteiger partial charge >= 0.3 is 0 Å². The number of rotatable bonds is 6. The summed E-state index contributed by atoms with van der Waals surface area (Å²) in [5.41, 5.74) is 2.40. The predicted octanol–water partition coefficient (Wildman–Crippen LogP) is 6.75. The lowest BCUT2D eigenvalue weighted by Crippen LogP contribution is -2.23. The van der Waals surface area contributed by atoms with Crippen LogP contribution in [0.25, 0.3) is 32.8 Å². The van der Waals surface area contributed by atoms with Gasteiger partial charge in [0, 0.05) is 21.4 Å². The number of para-hydroxylation sites is 2. The Kier molecular flexibility index (Phi) is 7.28. The Morgan fingerprint density at radius 2 is 0.933 bits per heavy atom. The van der Waals surface area contributed by atoms with Gasteiger partial charge in [-0.05, 0) is 49.2 Å². The molecule has 0 radical (unpaired) electrons. The highest BCUT2D eigenvalue weighted by Gasteiger charge is 2.23. The second-order valence-electron chi connectivity index (χ2n) is 10.9. The summed E-state index contributed by atoms with van der Waals surface area (Å²) < 4.78 is 0. The van der Waals surface area contributed by atoms with Crippen molar-refractivity contribution in [3.63, 3.8) is 0 Å². The van der Waals surface area contributed by atoms with Crippen molar-refractivity contribution in [3.8, 4) is 0 Å². The van der Waals surface area contributed by atoms with Crippen molar-refractivity contribution in [1.29, 1.82) is 0 Å². The van der Waals surface area contributed by atoms with Crippen LogP contribution in [0.2, 0.25) is 0 Å². The molecule has 0 bridgehead atoms. The van der Waals surface area contributed by atoms with Gasteiger partial charge in [0.2, 0.25) is 0 Å². The summed E-state index contributed by atoms with van der Waals surface area (Å²) in [7, 11) is -1.79. The Morgan fingerprint density at radius 1 is 0.467 bits per heavy atom. The highest BCUT2D eigenvalue weighted by Crippen LogP contribution is 2.37. The molecule has 0 unspecified atom stereocenters. The van der Waals surface area contributed by atoms with E-state index in [1.165, 1.54) is 26.5 Å². The Bertz CT molecular complexity index is 2260. The fourth-order valence-corrected chi connectivity index (χ4v) is 11.0. The fraction of sp³-hybridized carbons (Fsp3) is 0. The minimum absolute atomic E-state index is 0.00450. The molecule has 0 amide bonds. The first-order valence-corrected chi connectivity index (χ1v) is 17.6. The lowest BCUT2D eigenvalue weighted by Gasteiger charge is -2.22. The van der Waals surface area contributed by atoms with Gasteiger partial charge in [-0.15, -0.1) is 0 Å². The van der Waals surface area contributed by atoms with Gasteiger partial charge in [0.05, 0.1) is 16.4 Å². The molecule has 0 aliphatic carbocycles. The van der Waals surface area contributed by atoms with E-state index in [0.29, 0.717) is 16.4 Å². The summed E-state index contributed by atoms with van der Waals surface area (Å²) >= 11 is 0. The van der Waals surface area contributed by atoms with Crippen molar-refractivity contribution in [2.75, 3.05) is 0 Å². The minimum Gasteiger partial charge on any atom is -0.338 e. The van der Waals surface area contributed by atoms with Crippen LogP contribution in [0, 0.1) is 0 Å². The standard InChI is InChI=1S/C40H28N2OP2/c43-39-33-24-14-26-36(45(31-20-9-3-10-21-31)32-22-11-4-12-23-32)38(33)42-40-34(39)27-28-15-13-25-35(37(28)41-40)44(29-16-5-1-6-17-29)30-18-7-2-8-19-30/h1-27H,(H,41,42,43). The molecule has 0 atom stereocenters. The Balaban J connectivity index is 1.40. The molecule has 3 nitrogen and oxygen atoms in total. The zero-order valence-electron chi connectivity index (χ0n) is 24.3. The molecule has 8 rings (SSSR count). The smallest absolute Gasteiger partial charge is 0.198 e. The molecular weight excluding hydrogens is 586 g/mol. The maximum atomic E-state index is 14.2. The normalized spacial score (nSPS) is 11.6. The number of aromatic nitrogens is 2. The number of hydrogen-bond acceptors (Lipinski definition) is 2. The van der Waals surface area contributed by atoms with Crippen molar-refractivity contribution in [3.05, 3.63) is 174 Å². The van der Waals surface area contributed by atoms with Gasteiger partial charge in [0.1, 0.15) is 5.65 Å². The molecular formula is C40H28N2OP2. The van der Waals surface area contributed by atoms with Crippen molar-refractivity contribution in [2.24, 2.45) is 0 Å². The third kappa shape index (κ3) is 5.05. The number of pyridine rings is 2. The maximum absolute atomic E-state index is 14.2. The molecule has 214 valence electrons. The number of benzene rings is 6. The number of H-pyrrole nitrogens is 1. The topological polar surface area (TPSA) is 45.8 Å². The van der Waals surface area contributed by atoms with Crippen LogP contribution in [0.3, 0.4) is 0 Å². The molecule has 45 heavy (non-hydrogen) atoms. The van der Waals surface area contributed by atoms with Crippen LogP contribution in [0.1, 0.15) is 0 Å². The van der Waals surface area contributed by atoms with Gasteiger partial charge in [-0.2, -0.15) is 0 Å². The average molecular weight is 615 g/mol. The summed E-state index contributed by atoms with van der Waals surface area (Å²) in [4.78, 5) is 23.2. The Morgan fingerprint density at radius 3 is 1.47 bits per heavy atom. The third-order valence-corrected chi connectivity index (χ3v) is 13.1. The van der Waals surface area contributed by atoms with Crippen molar-refractivity contribution < 1.29 is 0 Å². The summed E-state index contributed by atoms with van der Waals surface area (Å²) in [5.74, 6) is 0. The summed E-state index contributed by atoms with van der Waals surface area (Å²) in [6.07, 6.45) is 0. The van der Waals surface area contributed by atoms with E-state index in [0.717, 1.165) is 21.7 Å². The Hall–Kier alpha value is -4.94. The van der Waals surface area contributed by atoms with E-state index < -0.39 is 15.8 Å². The minimum atomic E-state index is -0.920. The van der Waals surface area contributed by atoms with Crippen LogP contribution >= 0.6 is 15.8 Å². The molecule has 0 spiro atoms. The number of nitrogens with one attached hydrogen (secondary N) is 1. The first-order chi connectivity index (χ1) is 22.3. The number of hydrogen-bond donors (Lipinski definition) is 1. The highest BCUT2D eigenvalue weighted by molar-refractivity contribution is 7.80. The van der Waals surface area contributed by atoms with Crippen molar-refractivity contribution in [1.82, 2.24) is 9.97 Å². The lowest BCUT2D eigenvalue weighted by molar-refractivity contribution is 1.38. The maximum Gasteiger partial charge on any atom is 0.198 e. The second-order valence-corrected chi connectivity index (χ2v) is 15.3. The number of nitrogens with zero attached hydrogens (tertiary/aromatic N) is 1. The van der Waals surface area contributed by atoms with Crippen LogP contribution in [0.4, 0.5) is 0 Å². The van der Waals surface area contributed by atoms with Gasteiger partial charge in [-0.25, -0.2) is 4.98 Å². The molecule has 6 aromatic carbocycles. The SMILES string of the molecule is O=c1c2cc3cccc(P(c4ccccc4)c4ccccc4)c3nc2[nH]c2c(P(c3ccccc3)c3ccccc3)cccc12. The first-order valence-electron chi connectivity index (χ1n) is 15.0. The van der Waals surface area contributed by atoms with Crippen molar-refractivity contribution in [2.45, 2.75) is 0 Å². The van der Waals surface area contributed by atoms with Crippen LogP contribution in [0.15, 0.2) is 169 Å². The molecule has 2 heterocycles. The van der Waals surface area contributed by atoms with Gasteiger partial charge < -0.3 is 4.98 Å². The zero-order chi connectivity index (χ0) is 30.2. The Labute approximate surface area is 263 Å². The zero-order valence-corrected chi connectivity index (χ0v) is 26.1. The van der Waals surface area contributed by atoms with Crippen molar-refractivity contribution >= 4 is 80.5 Å². The van der Waals surface area contributed by atoms with E-state index in [9.17, 15) is 4.79 Å². The molecule has 2 aromatic heterocycles. The molecule has 1 N–H and O–H groups in total. The van der Waals surface area contributed by atoms with Crippen LogP contribution < -0.4 is 37.3 Å². The van der Waals surface area contributed by atoms with Gasteiger partial charge in [-0.1, -0.05) is 152 Å². The molecule has 5 heteroatoms. The summed E-state index contributed by atoms with van der Waals surface area (Å²) in [6, 6.07) is 57.0. The van der Waals surface area contributed by atoms with Crippen LogP contribution in [-0.4, -0.2) is 9.97 Å². The fourth-order valence-electron chi connectivity index (χ4n) is 6.10. The van der Waals surface area contributed by atoms with E-state index in [2.05, 4.69) is 138 Å². The predicted molar refractivity (Wildman–Crippen MR) is 195 cm³/mol. The van der Waals surface area contributed by atoms with E-state index in [1.807, 2.05) is 30.3 Å². The van der Waals surface area contributed by atoms with E-state index in [4.69, 9.17) is 4.98 Å². The third-order valence-electron chi connectivity index (χ3n) is 8.14. The number of fused-ring (bicyclic) bond motifs is 3. The average Bonchev–Trinajstić information content (AvgIpc) is 3.10. The largest absolute Gasteiger partial charge is 0.338 e. The highest BCUT2D eigenvalue weighted by atomic mass is 31.1. The molecule has 0 fully saturated rings. The molecule has 0 saturated heterocycles. The van der Waals surface area contributed by atoms with E-state index in [-0.39, 0.29) is 5.43 Å². The first kappa shape index (κ1) is 27.6. The van der Waals surface area contributed by atoms with Gasteiger partial charge in [-0.3, -0.25) is 4.79 Å².